The van der Waals surface area contributed by atoms with Crippen molar-refractivity contribution in [1.29, 1.82) is 0 Å². The lowest BCUT2D eigenvalue weighted by molar-refractivity contribution is 0.302. The van der Waals surface area contributed by atoms with Gasteiger partial charge in [-0.3, -0.25) is 0 Å². The Kier molecular flexibility index (Phi) is 7.47. The summed E-state index contributed by atoms with van der Waals surface area (Å²) in [5.74, 6) is 2.62. The number of nitrogens with zero attached hydrogens (tertiary/aromatic N) is 2. The van der Waals surface area contributed by atoms with E-state index in [0.717, 1.165) is 42.9 Å². The molecular formula is C33H34N2O. The molecule has 0 saturated heterocycles. The number of benzene rings is 4. The van der Waals surface area contributed by atoms with Crippen molar-refractivity contribution in [2.45, 2.75) is 45.6 Å². The number of para-hydroxylation sites is 2. The number of hydrogen-bond donors (Lipinski definition) is 0. The highest BCUT2D eigenvalue weighted by molar-refractivity contribution is 5.76. The van der Waals surface area contributed by atoms with Gasteiger partial charge in [-0.1, -0.05) is 92.7 Å². The molecule has 0 saturated carbocycles. The first kappa shape index (κ1) is 23.9. The van der Waals surface area contributed by atoms with E-state index in [9.17, 15) is 0 Å². The van der Waals surface area contributed by atoms with Gasteiger partial charge in [0.15, 0.2) is 0 Å². The minimum atomic E-state index is 0.585. The second kappa shape index (κ2) is 11.3. The Morgan fingerprint density at radius 1 is 0.778 bits per heavy atom. The Labute approximate surface area is 214 Å². The molecule has 0 aliphatic heterocycles. The van der Waals surface area contributed by atoms with Gasteiger partial charge in [0.2, 0.25) is 0 Å². The number of ether oxygens (including phenoxy) is 1. The molecule has 0 aliphatic carbocycles. The lowest BCUT2D eigenvalue weighted by atomic mass is 9.99. The van der Waals surface area contributed by atoms with Gasteiger partial charge in [-0.05, 0) is 65.3 Å². The Hall–Kier alpha value is -3.85. The highest BCUT2D eigenvalue weighted by atomic mass is 16.5. The Morgan fingerprint density at radius 2 is 1.47 bits per heavy atom. The maximum Gasteiger partial charge on any atom is 0.119 e. The first-order valence-corrected chi connectivity index (χ1v) is 13.0. The van der Waals surface area contributed by atoms with Crippen LogP contribution in [0.2, 0.25) is 0 Å². The first-order valence-electron chi connectivity index (χ1n) is 13.0. The average Bonchev–Trinajstić information content (AvgIpc) is 3.28. The third-order valence-electron chi connectivity index (χ3n) is 7.01. The van der Waals surface area contributed by atoms with Crippen molar-refractivity contribution in [3.63, 3.8) is 0 Å². The van der Waals surface area contributed by atoms with Crippen molar-refractivity contribution in [2.24, 2.45) is 0 Å². The van der Waals surface area contributed by atoms with E-state index in [4.69, 9.17) is 9.72 Å². The van der Waals surface area contributed by atoms with E-state index in [0.29, 0.717) is 12.5 Å². The summed E-state index contributed by atoms with van der Waals surface area (Å²) in [6.45, 7) is 6.05. The molecule has 0 amide bonds. The average molecular weight is 475 g/mol. The van der Waals surface area contributed by atoms with Crippen LogP contribution < -0.4 is 4.74 Å². The molecule has 5 aromatic rings. The van der Waals surface area contributed by atoms with Crippen LogP contribution in [0.25, 0.3) is 22.2 Å². The van der Waals surface area contributed by atoms with E-state index < -0.39 is 0 Å². The van der Waals surface area contributed by atoms with Gasteiger partial charge in [0.1, 0.15) is 11.6 Å². The van der Waals surface area contributed by atoms with E-state index in [1.165, 1.54) is 27.8 Å². The van der Waals surface area contributed by atoms with E-state index in [1.807, 2.05) is 0 Å². The Balaban J connectivity index is 1.26. The molecule has 1 heterocycles. The van der Waals surface area contributed by atoms with E-state index in [2.05, 4.69) is 122 Å². The van der Waals surface area contributed by atoms with Crippen molar-refractivity contribution in [1.82, 2.24) is 9.55 Å². The Morgan fingerprint density at radius 3 is 2.22 bits per heavy atom. The predicted octanol–water partition coefficient (Wildman–Crippen LogP) is 8.28. The SMILES string of the molecule is CCC(C)c1ccc(OCCCn2c(Cc3ccc(-c4ccccc4)cc3)nc3ccccc32)cc1. The van der Waals surface area contributed by atoms with Crippen molar-refractivity contribution in [3.8, 4) is 16.9 Å². The van der Waals surface area contributed by atoms with Gasteiger partial charge in [-0.15, -0.1) is 0 Å². The first-order chi connectivity index (χ1) is 17.7. The molecule has 1 aromatic heterocycles. The summed E-state index contributed by atoms with van der Waals surface area (Å²) in [7, 11) is 0. The van der Waals surface area contributed by atoms with E-state index in [-0.39, 0.29) is 0 Å². The van der Waals surface area contributed by atoms with Gasteiger partial charge in [0.25, 0.3) is 0 Å². The molecule has 36 heavy (non-hydrogen) atoms. The van der Waals surface area contributed by atoms with Crippen molar-refractivity contribution >= 4 is 11.0 Å². The molecular weight excluding hydrogens is 440 g/mol. The quantitative estimate of drug-likeness (QED) is 0.190. The van der Waals surface area contributed by atoms with Crippen molar-refractivity contribution in [2.75, 3.05) is 6.61 Å². The van der Waals surface area contributed by atoms with Gasteiger partial charge < -0.3 is 9.30 Å². The van der Waals surface area contributed by atoms with Gasteiger partial charge in [-0.25, -0.2) is 4.98 Å². The molecule has 5 rings (SSSR count). The Bertz CT molecular complexity index is 1390. The smallest absolute Gasteiger partial charge is 0.119 e. The number of aromatic nitrogens is 2. The second-order valence-corrected chi connectivity index (χ2v) is 9.49. The molecule has 4 aromatic carbocycles. The topological polar surface area (TPSA) is 27.1 Å². The molecule has 0 fully saturated rings. The summed E-state index contributed by atoms with van der Waals surface area (Å²) >= 11 is 0. The molecule has 0 spiro atoms. The fourth-order valence-corrected chi connectivity index (χ4v) is 4.68. The zero-order valence-corrected chi connectivity index (χ0v) is 21.2. The fraction of sp³-hybridized carbons (Fsp3) is 0.242. The van der Waals surface area contributed by atoms with Crippen LogP contribution in [-0.4, -0.2) is 16.2 Å². The third-order valence-corrected chi connectivity index (χ3v) is 7.01. The number of hydrogen-bond acceptors (Lipinski definition) is 2. The van der Waals surface area contributed by atoms with Crippen molar-refractivity contribution in [3.05, 3.63) is 120 Å². The predicted molar refractivity (Wildman–Crippen MR) is 150 cm³/mol. The second-order valence-electron chi connectivity index (χ2n) is 9.49. The summed E-state index contributed by atoms with van der Waals surface area (Å²) in [5, 5.41) is 0. The van der Waals surface area contributed by atoms with Crippen LogP contribution in [0.5, 0.6) is 5.75 Å². The normalized spacial score (nSPS) is 12.1. The molecule has 3 nitrogen and oxygen atoms in total. The zero-order chi connectivity index (χ0) is 24.7. The standard InChI is InChI=1S/C33H34N2O/c1-3-25(2)27-18-20-30(21-19-27)36-23-9-22-35-32-13-8-7-12-31(32)34-33(35)24-26-14-16-29(17-15-26)28-10-5-4-6-11-28/h4-8,10-21,25H,3,9,22-24H2,1-2H3. The number of aryl methyl sites for hydroxylation is 1. The third kappa shape index (κ3) is 5.52. The monoisotopic (exact) mass is 474 g/mol. The van der Waals surface area contributed by atoms with Crippen LogP contribution in [0.3, 0.4) is 0 Å². The highest BCUT2D eigenvalue weighted by Gasteiger charge is 2.11. The fourth-order valence-electron chi connectivity index (χ4n) is 4.68. The number of fused-ring (bicyclic) bond motifs is 1. The summed E-state index contributed by atoms with van der Waals surface area (Å²) in [6.07, 6.45) is 2.88. The van der Waals surface area contributed by atoms with Crippen LogP contribution in [0, 0.1) is 0 Å². The van der Waals surface area contributed by atoms with E-state index in [1.54, 1.807) is 0 Å². The van der Waals surface area contributed by atoms with E-state index >= 15 is 0 Å². The maximum absolute atomic E-state index is 6.06. The van der Waals surface area contributed by atoms with Crippen molar-refractivity contribution < 1.29 is 4.74 Å². The van der Waals surface area contributed by atoms with Crippen LogP contribution in [0.1, 0.15) is 49.6 Å². The van der Waals surface area contributed by atoms with Crippen LogP contribution in [0.4, 0.5) is 0 Å². The molecule has 0 aliphatic rings. The highest BCUT2D eigenvalue weighted by Crippen LogP contribution is 2.24. The molecule has 0 bridgehead atoms. The number of rotatable bonds is 10. The number of imidazole rings is 1. The molecule has 0 radical (unpaired) electrons. The molecule has 0 N–H and O–H groups in total. The van der Waals surface area contributed by atoms with Crippen LogP contribution in [-0.2, 0) is 13.0 Å². The minimum Gasteiger partial charge on any atom is -0.494 e. The lowest BCUT2D eigenvalue weighted by Gasteiger charge is -2.12. The molecule has 3 heteroatoms. The van der Waals surface area contributed by atoms with Crippen LogP contribution >= 0.6 is 0 Å². The van der Waals surface area contributed by atoms with Gasteiger partial charge in [0.05, 0.1) is 17.6 Å². The summed E-state index contributed by atoms with van der Waals surface area (Å²) < 4.78 is 8.42. The largest absolute Gasteiger partial charge is 0.494 e. The molecule has 1 atom stereocenters. The minimum absolute atomic E-state index is 0.585. The van der Waals surface area contributed by atoms with Gasteiger partial charge in [0, 0.05) is 13.0 Å². The van der Waals surface area contributed by atoms with Crippen LogP contribution in [0.15, 0.2) is 103 Å². The lowest BCUT2D eigenvalue weighted by Crippen LogP contribution is -2.08. The molecule has 182 valence electrons. The maximum atomic E-state index is 6.06. The molecule has 1 unspecified atom stereocenters. The van der Waals surface area contributed by atoms with Gasteiger partial charge in [-0.2, -0.15) is 0 Å². The summed E-state index contributed by atoms with van der Waals surface area (Å²) in [6, 6.07) is 36.4. The summed E-state index contributed by atoms with van der Waals surface area (Å²) in [4.78, 5) is 4.98. The van der Waals surface area contributed by atoms with Gasteiger partial charge >= 0.3 is 0 Å². The summed E-state index contributed by atoms with van der Waals surface area (Å²) in [5.41, 5.74) is 7.36. The zero-order valence-electron chi connectivity index (χ0n) is 21.2.